The normalized spacial score (nSPS) is 21.5. The third kappa shape index (κ3) is 3.05. The molecular formula is C17H21BrO4. The number of Topliss-reactive ketones (excluding diaryl/α,β-unsaturated/α-hetero) is 1. The van der Waals surface area contributed by atoms with Gasteiger partial charge in [-0.1, -0.05) is 41.1 Å². The second kappa shape index (κ2) is 6.82. The summed E-state index contributed by atoms with van der Waals surface area (Å²) in [4.78, 5) is 23.9. The van der Waals surface area contributed by atoms with E-state index >= 15 is 0 Å². The third-order valence-electron chi connectivity index (χ3n) is 4.46. The number of methoxy groups -OCH3 is 1. The summed E-state index contributed by atoms with van der Waals surface area (Å²) in [5.41, 5.74) is 1.33. The molecule has 0 bridgehead atoms. The highest BCUT2D eigenvalue weighted by Crippen LogP contribution is 2.44. The number of rotatable bonds is 5. The Morgan fingerprint density at radius 2 is 2.18 bits per heavy atom. The maximum atomic E-state index is 12.4. The van der Waals surface area contributed by atoms with Gasteiger partial charge in [-0.15, -0.1) is 0 Å². The van der Waals surface area contributed by atoms with Crippen molar-refractivity contribution in [3.05, 3.63) is 29.3 Å². The molecule has 1 aromatic rings. The molecule has 1 aliphatic rings. The number of halogens is 1. The Kier molecular flexibility index (Phi) is 5.27. The largest absolute Gasteiger partial charge is 0.493 e. The van der Waals surface area contributed by atoms with Crippen molar-refractivity contribution in [1.29, 1.82) is 0 Å². The van der Waals surface area contributed by atoms with Crippen molar-refractivity contribution in [3.63, 3.8) is 0 Å². The summed E-state index contributed by atoms with van der Waals surface area (Å²) in [6.07, 6.45) is 0.957. The highest BCUT2D eigenvalue weighted by molar-refractivity contribution is 9.09. The van der Waals surface area contributed by atoms with Crippen LogP contribution in [0.2, 0.25) is 0 Å². The van der Waals surface area contributed by atoms with Crippen LogP contribution in [0, 0.1) is 0 Å². The fourth-order valence-electron chi connectivity index (χ4n) is 2.91. The number of carbonyl (C=O) groups excluding carboxylic acids is 2. The molecule has 0 N–H and O–H groups in total. The molecule has 1 aromatic carbocycles. The number of esters is 1. The number of hydrogen-bond donors (Lipinski definition) is 0. The predicted molar refractivity (Wildman–Crippen MR) is 87.8 cm³/mol. The van der Waals surface area contributed by atoms with Gasteiger partial charge in [0, 0.05) is 5.56 Å². The van der Waals surface area contributed by atoms with Gasteiger partial charge in [-0.05, 0) is 24.8 Å². The molecule has 2 atom stereocenters. The van der Waals surface area contributed by atoms with Crippen LogP contribution in [-0.2, 0) is 19.7 Å². The van der Waals surface area contributed by atoms with E-state index in [0.29, 0.717) is 24.8 Å². The second-order valence-electron chi connectivity index (χ2n) is 5.89. The molecule has 0 saturated heterocycles. The molecule has 22 heavy (non-hydrogen) atoms. The fourth-order valence-corrected chi connectivity index (χ4v) is 3.53. The van der Waals surface area contributed by atoms with E-state index in [-0.39, 0.29) is 17.7 Å². The zero-order valence-electron chi connectivity index (χ0n) is 13.1. The first kappa shape index (κ1) is 17.0. The molecule has 0 fully saturated rings. The predicted octanol–water partition coefficient (Wildman–Crippen LogP) is 3.36. The first-order valence-electron chi connectivity index (χ1n) is 7.36. The van der Waals surface area contributed by atoms with Crippen molar-refractivity contribution in [2.75, 3.05) is 19.0 Å². The first-order valence-corrected chi connectivity index (χ1v) is 8.48. The number of para-hydroxylation sites is 1. The minimum Gasteiger partial charge on any atom is -0.493 e. The smallest absolute Gasteiger partial charge is 0.306 e. The number of alkyl halides is 1. The van der Waals surface area contributed by atoms with Gasteiger partial charge in [0.2, 0.25) is 0 Å². The van der Waals surface area contributed by atoms with Crippen LogP contribution in [0.3, 0.4) is 0 Å². The average molecular weight is 369 g/mol. The van der Waals surface area contributed by atoms with Crippen molar-refractivity contribution in [1.82, 2.24) is 0 Å². The lowest BCUT2D eigenvalue weighted by Gasteiger charge is -2.35. The van der Waals surface area contributed by atoms with Gasteiger partial charge in [-0.3, -0.25) is 9.59 Å². The number of benzene rings is 1. The highest BCUT2D eigenvalue weighted by Gasteiger charge is 2.40. The lowest BCUT2D eigenvalue weighted by atomic mass is 9.73. The molecule has 1 aliphatic heterocycles. The fraction of sp³-hybridized carbons (Fsp3) is 0.529. The van der Waals surface area contributed by atoms with Crippen LogP contribution in [0.1, 0.15) is 43.7 Å². The van der Waals surface area contributed by atoms with Crippen LogP contribution in [0.4, 0.5) is 0 Å². The van der Waals surface area contributed by atoms with Gasteiger partial charge in [-0.25, -0.2) is 0 Å². The van der Waals surface area contributed by atoms with E-state index in [9.17, 15) is 9.59 Å². The van der Waals surface area contributed by atoms with Gasteiger partial charge in [-0.2, -0.15) is 0 Å². The zero-order chi connectivity index (χ0) is 16.3. The number of ether oxygens (including phenoxy) is 2. The summed E-state index contributed by atoms with van der Waals surface area (Å²) in [6.45, 7) is 4.44. The van der Waals surface area contributed by atoms with Crippen LogP contribution in [0.5, 0.6) is 5.75 Å². The van der Waals surface area contributed by atoms with E-state index in [1.807, 2.05) is 32.0 Å². The third-order valence-corrected chi connectivity index (χ3v) is 4.97. The van der Waals surface area contributed by atoms with E-state index in [2.05, 4.69) is 15.9 Å². The molecule has 0 aliphatic carbocycles. The van der Waals surface area contributed by atoms with Gasteiger partial charge in [0.25, 0.3) is 0 Å². The number of ketones is 1. The topological polar surface area (TPSA) is 52.6 Å². The Labute approximate surface area is 139 Å². The molecule has 0 aromatic heterocycles. The number of hydrogen-bond acceptors (Lipinski definition) is 4. The van der Waals surface area contributed by atoms with Crippen molar-refractivity contribution in [2.45, 2.75) is 38.0 Å². The summed E-state index contributed by atoms with van der Waals surface area (Å²) in [7, 11) is 1.39. The molecule has 0 radical (unpaired) electrons. The molecule has 0 spiro atoms. The molecule has 120 valence electrons. The van der Waals surface area contributed by atoms with Crippen LogP contribution >= 0.6 is 15.9 Å². The first-order chi connectivity index (χ1) is 10.4. The van der Waals surface area contributed by atoms with Gasteiger partial charge < -0.3 is 9.47 Å². The molecular weight excluding hydrogens is 348 g/mol. The van der Waals surface area contributed by atoms with Crippen LogP contribution in [0.25, 0.3) is 0 Å². The zero-order valence-corrected chi connectivity index (χ0v) is 14.7. The lowest BCUT2D eigenvalue weighted by Crippen LogP contribution is -2.39. The Morgan fingerprint density at radius 3 is 2.82 bits per heavy atom. The van der Waals surface area contributed by atoms with Crippen molar-refractivity contribution >= 4 is 27.7 Å². The average Bonchev–Trinajstić information content (AvgIpc) is 2.53. The Morgan fingerprint density at radius 1 is 1.45 bits per heavy atom. The minimum atomic E-state index is -0.544. The van der Waals surface area contributed by atoms with Crippen molar-refractivity contribution in [3.8, 4) is 5.75 Å². The van der Waals surface area contributed by atoms with E-state index in [1.165, 1.54) is 7.11 Å². The van der Waals surface area contributed by atoms with Crippen LogP contribution < -0.4 is 4.74 Å². The highest BCUT2D eigenvalue weighted by atomic mass is 79.9. The molecule has 1 heterocycles. The Bertz CT molecular complexity index is 584. The monoisotopic (exact) mass is 368 g/mol. The molecule has 4 nitrogen and oxygen atoms in total. The quantitative estimate of drug-likeness (QED) is 0.590. The molecule has 2 rings (SSSR count). The molecule has 5 heteroatoms. The van der Waals surface area contributed by atoms with Gasteiger partial charge in [0.15, 0.2) is 5.78 Å². The van der Waals surface area contributed by atoms with Crippen LogP contribution in [-0.4, -0.2) is 30.8 Å². The SMILES string of the molecule is COC(=O)C[C@@H](C)c1cccc2c1OCC[C@]2(C)C(=O)CBr. The number of fused-ring (bicyclic) bond motifs is 1. The van der Waals surface area contributed by atoms with Crippen molar-refractivity contribution < 1.29 is 19.1 Å². The summed E-state index contributed by atoms with van der Waals surface area (Å²) >= 11 is 3.28. The Hall–Kier alpha value is -1.36. The van der Waals surface area contributed by atoms with Gasteiger partial charge in [0.1, 0.15) is 5.75 Å². The van der Waals surface area contributed by atoms with Gasteiger partial charge in [0.05, 0.1) is 30.9 Å². The molecule has 0 saturated carbocycles. The van der Waals surface area contributed by atoms with Gasteiger partial charge >= 0.3 is 5.97 Å². The van der Waals surface area contributed by atoms with Crippen LogP contribution in [0.15, 0.2) is 18.2 Å². The molecule has 0 amide bonds. The minimum absolute atomic E-state index is 0.0242. The maximum absolute atomic E-state index is 12.4. The molecule has 0 unspecified atom stereocenters. The summed E-state index contributed by atoms with van der Waals surface area (Å²) in [6, 6.07) is 5.83. The van der Waals surface area contributed by atoms with E-state index in [4.69, 9.17) is 9.47 Å². The lowest BCUT2D eigenvalue weighted by molar-refractivity contribution is -0.141. The van der Waals surface area contributed by atoms with Crippen molar-refractivity contribution in [2.24, 2.45) is 0 Å². The number of carbonyl (C=O) groups is 2. The maximum Gasteiger partial charge on any atom is 0.306 e. The summed E-state index contributed by atoms with van der Waals surface area (Å²) in [5, 5.41) is 0.324. The van der Waals surface area contributed by atoms with E-state index < -0.39 is 5.41 Å². The van der Waals surface area contributed by atoms with E-state index in [1.54, 1.807) is 0 Å². The van der Waals surface area contributed by atoms with E-state index in [0.717, 1.165) is 16.9 Å². The summed E-state index contributed by atoms with van der Waals surface area (Å²) < 4.78 is 10.6. The second-order valence-corrected chi connectivity index (χ2v) is 6.45. The Balaban J connectivity index is 2.43. The standard InChI is InChI=1S/C17H21BrO4/c1-11(9-15(20)21-3)12-5-4-6-13-16(12)22-8-7-17(13,2)14(19)10-18/h4-6,11H,7-10H2,1-3H3/t11-,17+/m1/s1. The summed E-state index contributed by atoms with van der Waals surface area (Å²) in [5.74, 6) is 0.626.